The predicted molar refractivity (Wildman–Crippen MR) is 69.3 cm³/mol. The first-order chi connectivity index (χ1) is 9.06. The van der Waals surface area contributed by atoms with Crippen molar-refractivity contribution >= 4 is 21.6 Å². The zero-order valence-electron chi connectivity index (χ0n) is 9.55. The standard InChI is InChI=1S/C12H8BrFN2O3/c13-8-1-3-10(15-6-8)7-19-12-4-2-9(14)5-11(12)16(17)18/h1-6H,7H2. The second kappa shape index (κ2) is 5.75. The highest BCUT2D eigenvalue weighted by Crippen LogP contribution is 2.28. The zero-order valence-corrected chi connectivity index (χ0v) is 11.1. The lowest BCUT2D eigenvalue weighted by Crippen LogP contribution is -2.01. The number of nitrogens with zero attached hydrogens (tertiary/aromatic N) is 2. The van der Waals surface area contributed by atoms with E-state index in [2.05, 4.69) is 20.9 Å². The normalized spacial score (nSPS) is 10.2. The Hall–Kier alpha value is -2.02. The molecule has 2 aromatic rings. The summed E-state index contributed by atoms with van der Waals surface area (Å²) in [7, 11) is 0. The molecule has 1 heterocycles. The maximum absolute atomic E-state index is 12.9. The van der Waals surface area contributed by atoms with Gasteiger partial charge in [-0.25, -0.2) is 4.39 Å². The van der Waals surface area contributed by atoms with Crippen LogP contribution in [0.2, 0.25) is 0 Å². The Balaban J connectivity index is 2.15. The zero-order chi connectivity index (χ0) is 13.8. The number of nitro benzene ring substituents is 1. The van der Waals surface area contributed by atoms with Crippen LogP contribution in [-0.2, 0) is 6.61 Å². The van der Waals surface area contributed by atoms with Crippen LogP contribution >= 0.6 is 15.9 Å². The molecule has 5 nitrogen and oxygen atoms in total. The molecule has 0 saturated heterocycles. The summed E-state index contributed by atoms with van der Waals surface area (Å²) in [6.07, 6.45) is 1.60. The summed E-state index contributed by atoms with van der Waals surface area (Å²) in [6, 6.07) is 6.66. The van der Waals surface area contributed by atoms with Crippen LogP contribution in [0, 0.1) is 15.9 Å². The summed E-state index contributed by atoms with van der Waals surface area (Å²) >= 11 is 3.25. The van der Waals surface area contributed by atoms with Crippen LogP contribution in [0.5, 0.6) is 5.75 Å². The summed E-state index contributed by atoms with van der Waals surface area (Å²) in [6.45, 7) is 0.0692. The molecule has 0 radical (unpaired) electrons. The van der Waals surface area contributed by atoms with Crippen molar-refractivity contribution in [1.29, 1.82) is 0 Å². The SMILES string of the molecule is O=[N+]([O-])c1cc(F)ccc1OCc1ccc(Br)cn1. The summed E-state index contributed by atoms with van der Waals surface area (Å²) in [5.74, 6) is -0.670. The first-order valence-electron chi connectivity index (χ1n) is 5.23. The fourth-order valence-corrected chi connectivity index (χ4v) is 1.63. The highest BCUT2D eigenvalue weighted by Gasteiger charge is 2.16. The molecule has 0 atom stereocenters. The van der Waals surface area contributed by atoms with Gasteiger partial charge in [0.15, 0.2) is 5.75 Å². The van der Waals surface area contributed by atoms with Gasteiger partial charge in [-0.05, 0) is 40.2 Å². The van der Waals surface area contributed by atoms with E-state index in [9.17, 15) is 14.5 Å². The predicted octanol–water partition coefficient (Wildman–Crippen LogP) is 3.47. The second-order valence-corrected chi connectivity index (χ2v) is 4.54. The van der Waals surface area contributed by atoms with E-state index >= 15 is 0 Å². The first kappa shape index (κ1) is 13.4. The molecule has 98 valence electrons. The number of hydrogen-bond donors (Lipinski definition) is 0. The van der Waals surface area contributed by atoms with Gasteiger partial charge in [-0.3, -0.25) is 15.1 Å². The molecule has 0 aliphatic rings. The van der Waals surface area contributed by atoms with Crippen LogP contribution in [0.15, 0.2) is 41.0 Å². The molecular weight excluding hydrogens is 319 g/mol. The van der Waals surface area contributed by atoms with Gasteiger partial charge in [0.05, 0.1) is 16.7 Å². The van der Waals surface area contributed by atoms with Crippen molar-refractivity contribution in [2.45, 2.75) is 6.61 Å². The number of nitro groups is 1. The molecular formula is C12H8BrFN2O3. The lowest BCUT2D eigenvalue weighted by molar-refractivity contribution is -0.386. The quantitative estimate of drug-likeness (QED) is 0.637. The molecule has 0 spiro atoms. The minimum Gasteiger partial charge on any atom is -0.480 e. The molecule has 0 N–H and O–H groups in total. The smallest absolute Gasteiger partial charge is 0.313 e. The van der Waals surface area contributed by atoms with Crippen molar-refractivity contribution in [3.8, 4) is 5.75 Å². The first-order valence-corrected chi connectivity index (χ1v) is 6.03. The molecule has 0 fully saturated rings. The van der Waals surface area contributed by atoms with Crippen molar-refractivity contribution in [1.82, 2.24) is 4.98 Å². The fraction of sp³-hybridized carbons (Fsp3) is 0.0833. The molecule has 1 aromatic heterocycles. The number of aromatic nitrogens is 1. The number of ether oxygens (including phenoxy) is 1. The maximum atomic E-state index is 12.9. The third-order valence-electron chi connectivity index (χ3n) is 2.28. The summed E-state index contributed by atoms with van der Waals surface area (Å²) in [5, 5.41) is 10.8. The summed E-state index contributed by atoms with van der Waals surface area (Å²) < 4.78 is 19.1. The van der Waals surface area contributed by atoms with Crippen LogP contribution in [0.3, 0.4) is 0 Å². The minimum atomic E-state index is -0.687. The molecule has 0 saturated carbocycles. The van der Waals surface area contributed by atoms with E-state index in [1.54, 1.807) is 18.3 Å². The topological polar surface area (TPSA) is 65.3 Å². The molecule has 0 unspecified atom stereocenters. The third kappa shape index (κ3) is 3.47. The van der Waals surface area contributed by atoms with Crippen molar-refractivity contribution in [3.05, 3.63) is 62.6 Å². The Morgan fingerprint density at radius 2 is 2.16 bits per heavy atom. The van der Waals surface area contributed by atoms with Gasteiger partial charge in [0.25, 0.3) is 0 Å². The van der Waals surface area contributed by atoms with E-state index in [4.69, 9.17) is 4.74 Å². The van der Waals surface area contributed by atoms with Crippen LogP contribution < -0.4 is 4.74 Å². The number of hydrogen-bond acceptors (Lipinski definition) is 4. The highest BCUT2D eigenvalue weighted by atomic mass is 79.9. The largest absolute Gasteiger partial charge is 0.480 e. The van der Waals surface area contributed by atoms with Gasteiger partial charge < -0.3 is 4.74 Å². The summed E-state index contributed by atoms with van der Waals surface area (Å²) in [4.78, 5) is 14.1. The fourth-order valence-electron chi connectivity index (χ4n) is 1.40. The van der Waals surface area contributed by atoms with E-state index in [0.29, 0.717) is 5.69 Å². The number of benzene rings is 1. The van der Waals surface area contributed by atoms with Gasteiger partial charge in [-0.15, -0.1) is 0 Å². The Morgan fingerprint density at radius 3 is 2.79 bits per heavy atom. The van der Waals surface area contributed by atoms with E-state index in [-0.39, 0.29) is 12.4 Å². The lowest BCUT2D eigenvalue weighted by atomic mass is 10.3. The molecule has 19 heavy (non-hydrogen) atoms. The third-order valence-corrected chi connectivity index (χ3v) is 2.75. The van der Waals surface area contributed by atoms with E-state index in [0.717, 1.165) is 16.6 Å². The van der Waals surface area contributed by atoms with Gasteiger partial charge in [0.2, 0.25) is 0 Å². The monoisotopic (exact) mass is 326 g/mol. The van der Waals surface area contributed by atoms with Crippen molar-refractivity contribution in [2.75, 3.05) is 0 Å². The number of rotatable bonds is 4. The Labute approximate surface area is 116 Å². The Kier molecular flexibility index (Phi) is 4.06. The summed E-state index contributed by atoms with van der Waals surface area (Å²) in [5.41, 5.74) is 0.207. The number of halogens is 2. The van der Waals surface area contributed by atoms with Crippen LogP contribution in [-0.4, -0.2) is 9.91 Å². The Morgan fingerprint density at radius 1 is 1.37 bits per heavy atom. The van der Waals surface area contributed by atoms with Crippen molar-refractivity contribution < 1.29 is 14.1 Å². The molecule has 0 amide bonds. The van der Waals surface area contributed by atoms with Gasteiger partial charge in [0, 0.05) is 10.7 Å². The van der Waals surface area contributed by atoms with Gasteiger partial charge in [-0.1, -0.05) is 0 Å². The molecule has 1 aromatic carbocycles. The molecule has 0 bridgehead atoms. The van der Waals surface area contributed by atoms with E-state index < -0.39 is 16.4 Å². The molecule has 7 heteroatoms. The minimum absolute atomic E-state index is 0.0103. The van der Waals surface area contributed by atoms with Gasteiger partial charge >= 0.3 is 5.69 Å². The second-order valence-electron chi connectivity index (χ2n) is 3.63. The highest BCUT2D eigenvalue weighted by molar-refractivity contribution is 9.10. The number of pyridine rings is 1. The van der Waals surface area contributed by atoms with Gasteiger partial charge in [0.1, 0.15) is 12.4 Å². The maximum Gasteiger partial charge on any atom is 0.313 e. The molecule has 0 aliphatic carbocycles. The van der Waals surface area contributed by atoms with Crippen LogP contribution in [0.1, 0.15) is 5.69 Å². The van der Waals surface area contributed by atoms with E-state index in [1.807, 2.05) is 0 Å². The average Bonchev–Trinajstić information content (AvgIpc) is 2.39. The van der Waals surface area contributed by atoms with E-state index in [1.165, 1.54) is 6.07 Å². The molecule has 2 rings (SSSR count). The van der Waals surface area contributed by atoms with Crippen LogP contribution in [0.4, 0.5) is 10.1 Å². The molecule has 0 aliphatic heterocycles. The van der Waals surface area contributed by atoms with Crippen molar-refractivity contribution in [3.63, 3.8) is 0 Å². The Bertz CT molecular complexity index is 604. The van der Waals surface area contributed by atoms with Gasteiger partial charge in [-0.2, -0.15) is 0 Å². The van der Waals surface area contributed by atoms with Crippen LogP contribution in [0.25, 0.3) is 0 Å². The lowest BCUT2D eigenvalue weighted by Gasteiger charge is -2.06. The van der Waals surface area contributed by atoms with Crippen molar-refractivity contribution in [2.24, 2.45) is 0 Å². The average molecular weight is 327 g/mol.